The van der Waals surface area contributed by atoms with Gasteiger partial charge in [-0.25, -0.2) is 0 Å². The summed E-state index contributed by atoms with van der Waals surface area (Å²) in [7, 11) is -0.201. The maximum Gasteiger partial charge on any atom is 0.0739 e. The maximum atomic E-state index is 4.49. The van der Waals surface area contributed by atoms with Crippen LogP contribution in [0.1, 0.15) is 25.0 Å². The molecule has 0 N–H and O–H groups in total. The van der Waals surface area contributed by atoms with Gasteiger partial charge in [-0.3, -0.25) is 4.98 Å². The molecule has 2 heteroatoms. The van der Waals surface area contributed by atoms with Gasteiger partial charge in [0, 0.05) is 11.8 Å². The predicted octanol–water partition coefficient (Wildman–Crippen LogP) is 3.69. The van der Waals surface area contributed by atoms with Gasteiger partial charge in [-0.05, 0) is 33.1 Å². The Labute approximate surface area is 93.7 Å². The van der Waals surface area contributed by atoms with Crippen molar-refractivity contribution in [3.05, 3.63) is 41.4 Å². The minimum Gasteiger partial charge on any atom is -0.255 e. The van der Waals surface area contributed by atoms with Crippen molar-refractivity contribution in [1.29, 1.82) is 0 Å². The van der Waals surface area contributed by atoms with Crippen LogP contribution in [0.2, 0.25) is 0 Å². The average Bonchev–Trinajstić information content (AvgIpc) is 2.43. The van der Waals surface area contributed by atoms with Gasteiger partial charge in [0.1, 0.15) is 0 Å². The van der Waals surface area contributed by atoms with Crippen LogP contribution in [-0.2, 0) is 0 Å². The van der Waals surface area contributed by atoms with Crippen molar-refractivity contribution < 1.29 is 0 Å². The van der Waals surface area contributed by atoms with Crippen LogP contribution in [0.25, 0.3) is 6.08 Å². The standard InChI is InChI=1S/C11H12NP.C2H6/c1-9-7-10-5-3-4-6-13(2)11(10)12-8-9;1-2/h3-8H,1-2H3;1-2H3. The summed E-state index contributed by atoms with van der Waals surface area (Å²) in [6.45, 7) is 8.32. The van der Waals surface area contributed by atoms with Crippen molar-refractivity contribution in [2.24, 2.45) is 0 Å². The second-order valence-corrected chi connectivity index (χ2v) is 5.18. The zero-order valence-electron chi connectivity index (χ0n) is 9.86. The number of aryl methyl sites for hydroxylation is 1. The summed E-state index contributed by atoms with van der Waals surface area (Å²) in [6, 6.07) is 2.20. The van der Waals surface area contributed by atoms with E-state index in [0.717, 1.165) is 0 Å². The van der Waals surface area contributed by atoms with Crippen LogP contribution < -0.4 is 5.44 Å². The van der Waals surface area contributed by atoms with Crippen LogP contribution in [0.4, 0.5) is 0 Å². The monoisotopic (exact) mass is 219 g/mol. The minimum atomic E-state index is -0.201. The van der Waals surface area contributed by atoms with Crippen LogP contribution >= 0.6 is 7.92 Å². The highest BCUT2D eigenvalue weighted by molar-refractivity contribution is 7.67. The van der Waals surface area contributed by atoms with Gasteiger partial charge in [0.15, 0.2) is 0 Å². The lowest BCUT2D eigenvalue weighted by molar-refractivity contribution is 1.30. The van der Waals surface area contributed by atoms with Gasteiger partial charge in [0.05, 0.1) is 5.44 Å². The normalized spacial score (nSPS) is 17.5. The summed E-state index contributed by atoms with van der Waals surface area (Å²) in [6.07, 6.45) is 8.29. The summed E-state index contributed by atoms with van der Waals surface area (Å²) in [5.74, 6) is 2.24. The van der Waals surface area contributed by atoms with E-state index >= 15 is 0 Å². The number of hydrogen-bond acceptors (Lipinski definition) is 1. The second-order valence-electron chi connectivity index (χ2n) is 3.24. The van der Waals surface area contributed by atoms with E-state index in [9.17, 15) is 0 Å². The molecule has 1 aromatic heterocycles. The molecule has 0 spiro atoms. The van der Waals surface area contributed by atoms with E-state index in [0.29, 0.717) is 0 Å². The number of pyridine rings is 1. The highest BCUT2D eigenvalue weighted by Gasteiger charge is 2.08. The van der Waals surface area contributed by atoms with E-state index in [1.54, 1.807) is 0 Å². The molecule has 0 bridgehead atoms. The zero-order valence-corrected chi connectivity index (χ0v) is 10.8. The third-order valence-electron chi connectivity index (χ3n) is 2.06. The molecule has 1 nitrogen and oxygen atoms in total. The van der Waals surface area contributed by atoms with Gasteiger partial charge in [0.2, 0.25) is 0 Å². The van der Waals surface area contributed by atoms with Gasteiger partial charge in [-0.15, -0.1) is 0 Å². The molecule has 80 valence electrons. The lowest BCUT2D eigenvalue weighted by atomic mass is 10.2. The molecule has 2 heterocycles. The van der Waals surface area contributed by atoms with Crippen molar-refractivity contribution in [2.45, 2.75) is 20.8 Å². The molecule has 1 aliphatic heterocycles. The average molecular weight is 219 g/mol. The Kier molecular flexibility index (Phi) is 4.71. The number of fused-ring (bicyclic) bond motifs is 1. The van der Waals surface area contributed by atoms with Crippen LogP contribution in [0, 0.1) is 6.92 Å². The number of rotatable bonds is 0. The Bertz CT molecular complexity index is 380. The Morgan fingerprint density at radius 2 is 1.93 bits per heavy atom. The molecule has 1 aliphatic rings. The molecule has 0 aromatic carbocycles. The van der Waals surface area contributed by atoms with Crippen molar-refractivity contribution in [1.82, 2.24) is 4.98 Å². The van der Waals surface area contributed by atoms with Gasteiger partial charge < -0.3 is 0 Å². The molecule has 1 unspecified atom stereocenters. The fourth-order valence-corrected chi connectivity index (χ4v) is 2.70. The van der Waals surface area contributed by atoms with Gasteiger partial charge in [0.25, 0.3) is 0 Å². The fraction of sp³-hybridized carbons (Fsp3) is 0.308. The molecule has 0 radical (unpaired) electrons. The number of aromatic nitrogens is 1. The third-order valence-corrected chi connectivity index (χ3v) is 3.72. The van der Waals surface area contributed by atoms with Crippen molar-refractivity contribution >= 4 is 19.4 Å². The number of allylic oxidation sites excluding steroid dienone is 2. The van der Waals surface area contributed by atoms with Gasteiger partial charge in [-0.1, -0.05) is 37.9 Å². The van der Waals surface area contributed by atoms with E-state index in [2.05, 4.69) is 48.7 Å². The molecule has 0 fully saturated rings. The lowest BCUT2D eigenvalue weighted by Gasteiger charge is -2.08. The van der Waals surface area contributed by atoms with Crippen molar-refractivity contribution in [3.63, 3.8) is 0 Å². The van der Waals surface area contributed by atoms with Gasteiger partial charge in [-0.2, -0.15) is 0 Å². The number of hydrogen-bond donors (Lipinski definition) is 0. The largest absolute Gasteiger partial charge is 0.255 e. The van der Waals surface area contributed by atoms with E-state index in [4.69, 9.17) is 0 Å². The fourth-order valence-electron chi connectivity index (χ4n) is 1.41. The first-order valence-corrected chi connectivity index (χ1v) is 7.17. The molecule has 1 atom stereocenters. The summed E-state index contributed by atoms with van der Waals surface area (Å²) in [5.41, 5.74) is 3.75. The van der Waals surface area contributed by atoms with Crippen LogP contribution in [0.5, 0.6) is 0 Å². The van der Waals surface area contributed by atoms with Crippen molar-refractivity contribution in [3.8, 4) is 0 Å². The molecular weight excluding hydrogens is 201 g/mol. The van der Waals surface area contributed by atoms with E-state index < -0.39 is 0 Å². The molecule has 0 amide bonds. The van der Waals surface area contributed by atoms with Crippen molar-refractivity contribution in [2.75, 3.05) is 6.66 Å². The summed E-state index contributed by atoms with van der Waals surface area (Å²) in [4.78, 5) is 4.49. The first kappa shape index (κ1) is 12.1. The first-order chi connectivity index (χ1) is 7.27. The topological polar surface area (TPSA) is 12.9 Å². The summed E-state index contributed by atoms with van der Waals surface area (Å²) in [5, 5.41) is 0. The quantitative estimate of drug-likeness (QED) is 0.606. The SMILES string of the molecule is CC.Cc1cnc2c(c1)C=CC=CP2C. The van der Waals surface area contributed by atoms with Gasteiger partial charge >= 0.3 is 0 Å². The Morgan fingerprint density at radius 3 is 2.67 bits per heavy atom. The van der Waals surface area contributed by atoms with E-state index in [1.807, 2.05) is 20.0 Å². The Hall–Kier alpha value is -0.940. The molecule has 0 saturated heterocycles. The summed E-state index contributed by atoms with van der Waals surface area (Å²) >= 11 is 0. The van der Waals surface area contributed by atoms with Crippen LogP contribution in [0.3, 0.4) is 0 Å². The highest BCUT2D eigenvalue weighted by atomic mass is 31.1. The molecule has 15 heavy (non-hydrogen) atoms. The van der Waals surface area contributed by atoms with E-state index in [-0.39, 0.29) is 7.92 Å². The molecule has 2 rings (SSSR count). The van der Waals surface area contributed by atoms with Crippen LogP contribution in [0.15, 0.2) is 30.2 Å². The lowest BCUT2D eigenvalue weighted by Crippen LogP contribution is -2.08. The third kappa shape index (κ3) is 3.00. The Balaban J connectivity index is 0.000000531. The highest BCUT2D eigenvalue weighted by Crippen LogP contribution is 2.33. The smallest absolute Gasteiger partial charge is 0.0739 e. The molecule has 1 aromatic rings. The molecule has 0 aliphatic carbocycles. The minimum absolute atomic E-state index is 0.201. The second kappa shape index (κ2) is 5.82. The van der Waals surface area contributed by atoms with Crippen LogP contribution in [-0.4, -0.2) is 11.6 Å². The maximum absolute atomic E-state index is 4.49. The summed E-state index contributed by atoms with van der Waals surface area (Å²) < 4.78 is 0. The first-order valence-electron chi connectivity index (χ1n) is 5.32. The van der Waals surface area contributed by atoms with E-state index in [1.165, 1.54) is 16.6 Å². The molecular formula is C13H18NP. The molecule has 0 saturated carbocycles. The predicted molar refractivity (Wildman–Crippen MR) is 71.0 cm³/mol. The zero-order chi connectivity index (χ0) is 11.3. The number of nitrogens with zero attached hydrogens (tertiary/aromatic N) is 1. The Morgan fingerprint density at radius 1 is 1.20 bits per heavy atom.